The van der Waals surface area contributed by atoms with Crippen molar-refractivity contribution in [1.82, 2.24) is 0 Å². The largest absolute Gasteiger partial charge is 0.0895 e. The van der Waals surface area contributed by atoms with E-state index in [1.807, 2.05) is 18.2 Å². The Hall–Kier alpha value is -0.920. The van der Waals surface area contributed by atoms with Gasteiger partial charge in [0.25, 0.3) is 0 Å². The summed E-state index contributed by atoms with van der Waals surface area (Å²) in [5.41, 5.74) is 5.43. The van der Waals surface area contributed by atoms with Gasteiger partial charge in [-0.15, -0.1) is 0 Å². The molecular formula is C16H17ClS. The molecule has 2 aromatic carbocycles. The lowest BCUT2D eigenvalue weighted by molar-refractivity contribution is 1.13. The van der Waals surface area contributed by atoms with Gasteiger partial charge in [-0.2, -0.15) is 0 Å². The molecule has 0 saturated carbocycles. The van der Waals surface area contributed by atoms with Gasteiger partial charge in [0.1, 0.15) is 0 Å². The van der Waals surface area contributed by atoms with Gasteiger partial charge < -0.3 is 0 Å². The van der Waals surface area contributed by atoms with E-state index in [2.05, 4.69) is 39.8 Å². The lowest BCUT2D eigenvalue weighted by Crippen LogP contribution is -1.93. The number of aryl methyl sites for hydroxylation is 2. The van der Waals surface area contributed by atoms with Crippen LogP contribution in [0.2, 0.25) is 5.02 Å². The third kappa shape index (κ3) is 2.73. The molecule has 0 radical (unpaired) electrons. The lowest BCUT2D eigenvalue weighted by Gasteiger charge is -2.14. The fraction of sp³-hybridized carbons (Fsp3) is 0.250. The van der Waals surface area contributed by atoms with Gasteiger partial charge in [0.2, 0.25) is 0 Å². The predicted octanol–water partition coefficient (Wildman–Crippen LogP) is 5.72. The maximum atomic E-state index is 6.04. The van der Waals surface area contributed by atoms with Gasteiger partial charge in [-0.25, -0.2) is 0 Å². The molecule has 0 aliphatic carbocycles. The molecule has 2 rings (SSSR count). The second kappa shape index (κ2) is 5.38. The minimum atomic E-state index is 0.791. The summed E-state index contributed by atoms with van der Waals surface area (Å²) < 4.78 is 0. The fourth-order valence-electron chi connectivity index (χ4n) is 1.98. The number of hydrogen-bond acceptors (Lipinski definition) is 1. The summed E-state index contributed by atoms with van der Waals surface area (Å²) in [5, 5.41) is 0.791. The Bertz CT molecular complexity index is 562. The van der Waals surface area contributed by atoms with Crippen molar-refractivity contribution in [3.8, 4) is 0 Å². The average Bonchev–Trinajstić information content (AvgIpc) is 2.32. The van der Waals surface area contributed by atoms with Crippen LogP contribution in [0.4, 0.5) is 0 Å². The van der Waals surface area contributed by atoms with Gasteiger partial charge >= 0.3 is 0 Å². The SMILES string of the molecule is Cc1cc(C)c(C)c(Sc2cccc(Cl)c2)c1C. The Morgan fingerprint density at radius 2 is 1.50 bits per heavy atom. The zero-order chi connectivity index (χ0) is 13.3. The second-order valence-corrected chi connectivity index (χ2v) is 6.17. The van der Waals surface area contributed by atoms with Crippen molar-refractivity contribution in [2.45, 2.75) is 37.5 Å². The monoisotopic (exact) mass is 276 g/mol. The minimum absolute atomic E-state index is 0.791. The van der Waals surface area contributed by atoms with Crippen LogP contribution in [0.25, 0.3) is 0 Å². The van der Waals surface area contributed by atoms with Crippen LogP contribution >= 0.6 is 23.4 Å². The van der Waals surface area contributed by atoms with E-state index in [4.69, 9.17) is 11.6 Å². The van der Waals surface area contributed by atoms with Crippen LogP contribution in [0.15, 0.2) is 40.1 Å². The molecule has 2 heteroatoms. The van der Waals surface area contributed by atoms with Crippen molar-refractivity contribution in [2.24, 2.45) is 0 Å². The van der Waals surface area contributed by atoms with Crippen LogP contribution in [0.5, 0.6) is 0 Å². The molecule has 18 heavy (non-hydrogen) atoms. The standard InChI is InChI=1S/C16H17ClS/c1-10-8-11(2)13(4)16(12(10)3)18-15-7-5-6-14(17)9-15/h5-9H,1-4H3. The van der Waals surface area contributed by atoms with Crippen molar-refractivity contribution < 1.29 is 0 Å². The smallest absolute Gasteiger partial charge is 0.0417 e. The second-order valence-electron chi connectivity index (χ2n) is 4.65. The first-order valence-corrected chi connectivity index (χ1v) is 7.19. The first kappa shape index (κ1) is 13.5. The zero-order valence-corrected chi connectivity index (χ0v) is 12.7. The zero-order valence-electron chi connectivity index (χ0n) is 11.2. The van der Waals surface area contributed by atoms with Gasteiger partial charge in [0.15, 0.2) is 0 Å². The molecule has 0 saturated heterocycles. The molecule has 0 atom stereocenters. The Morgan fingerprint density at radius 1 is 0.889 bits per heavy atom. The minimum Gasteiger partial charge on any atom is -0.0895 e. The van der Waals surface area contributed by atoms with Crippen LogP contribution in [0, 0.1) is 27.7 Å². The third-order valence-electron chi connectivity index (χ3n) is 3.31. The molecule has 2 aromatic rings. The normalized spacial score (nSPS) is 10.7. The molecule has 0 aliphatic heterocycles. The molecule has 0 aromatic heterocycles. The highest BCUT2D eigenvalue weighted by atomic mass is 35.5. The molecule has 0 heterocycles. The summed E-state index contributed by atoms with van der Waals surface area (Å²) in [7, 11) is 0. The molecule has 0 bridgehead atoms. The summed E-state index contributed by atoms with van der Waals surface area (Å²) in [5.74, 6) is 0. The summed E-state index contributed by atoms with van der Waals surface area (Å²) in [6.45, 7) is 8.72. The number of halogens is 1. The number of hydrogen-bond donors (Lipinski definition) is 0. The molecule has 0 amide bonds. The molecule has 0 fully saturated rings. The van der Waals surface area contributed by atoms with E-state index in [-0.39, 0.29) is 0 Å². The lowest BCUT2D eigenvalue weighted by atomic mass is 10.0. The summed E-state index contributed by atoms with van der Waals surface area (Å²) >= 11 is 7.84. The van der Waals surface area contributed by atoms with Crippen molar-refractivity contribution in [3.05, 3.63) is 57.6 Å². The van der Waals surface area contributed by atoms with E-state index in [0.29, 0.717) is 0 Å². The van der Waals surface area contributed by atoms with Gasteiger partial charge in [0.05, 0.1) is 0 Å². The van der Waals surface area contributed by atoms with Crippen molar-refractivity contribution in [1.29, 1.82) is 0 Å². The highest BCUT2D eigenvalue weighted by Gasteiger charge is 2.10. The topological polar surface area (TPSA) is 0 Å². The van der Waals surface area contributed by atoms with E-state index < -0.39 is 0 Å². The van der Waals surface area contributed by atoms with E-state index in [1.54, 1.807) is 11.8 Å². The summed E-state index contributed by atoms with van der Waals surface area (Å²) in [6, 6.07) is 10.3. The quantitative estimate of drug-likeness (QED) is 0.675. The van der Waals surface area contributed by atoms with Crippen LogP contribution in [0.3, 0.4) is 0 Å². The van der Waals surface area contributed by atoms with Gasteiger partial charge in [-0.3, -0.25) is 0 Å². The van der Waals surface area contributed by atoms with E-state index >= 15 is 0 Å². The Labute approximate surface area is 118 Å². The van der Waals surface area contributed by atoms with Crippen LogP contribution < -0.4 is 0 Å². The van der Waals surface area contributed by atoms with Crippen molar-refractivity contribution >= 4 is 23.4 Å². The molecule has 0 nitrogen and oxygen atoms in total. The van der Waals surface area contributed by atoms with E-state index in [9.17, 15) is 0 Å². The fourth-order valence-corrected chi connectivity index (χ4v) is 3.43. The molecule has 0 spiro atoms. The molecular weight excluding hydrogens is 260 g/mol. The molecule has 0 unspecified atom stereocenters. The number of benzene rings is 2. The Kier molecular flexibility index (Phi) is 4.04. The Balaban J connectivity index is 2.46. The van der Waals surface area contributed by atoms with Crippen molar-refractivity contribution in [3.63, 3.8) is 0 Å². The van der Waals surface area contributed by atoms with Gasteiger partial charge in [-0.05, 0) is 68.1 Å². The molecule has 94 valence electrons. The van der Waals surface area contributed by atoms with Crippen LogP contribution in [-0.4, -0.2) is 0 Å². The Morgan fingerprint density at radius 3 is 2.06 bits per heavy atom. The summed E-state index contributed by atoms with van der Waals surface area (Å²) in [4.78, 5) is 2.55. The van der Waals surface area contributed by atoms with Crippen LogP contribution in [0.1, 0.15) is 22.3 Å². The van der Waals surface area contributed by atoms with Gasteiger partial charge in [0, 0.05) is 14.8 Å². The van der Waals surface area contributed by atoms with Crippen LogP contribution in [-0.2, 0) is 0 Å². The molecule has 0 N–H and O–H groups in total. The van der Waals surface area contributed by atoms with E-state index in [1.165, 1.54) is 32.0 Å². The van der Waals surface area contributed by atoms with Gasteiger partial charge in [-0.1, -0.05) is 35.5 Å². The first-order chi connectivity index (χ1) is 8.49. The highest BCUT2D eigenvalue weighted by molar-refractivity contribution is 7.99. The third-order valence-corrected chi connectivity index (χ3v) is 4.85. The molecule has 0 aliphatic rings. The van der Waals surface area contributed by atoms with Crippen molar-refractivity contribution in [2.75, 3.05) is 0 Å². The predicted molar refractivity (Wildman–Crippen MR) is 81.0 cm³/mol. The maximum absolute atomic E-state index is 6.04. The maximum Gasteiger partial charge on any atom is 0.0417 e. The van der Waals surface area contributed by atoms with E-state index in [0.717, 1.165) is 5.02 Å². The highest BCUT2D eigenvalue weighted by Crippen LogP contribution is 2.36. The summed E-state index contributed by atoms with van der Waals surface area (Å²) in [6.07, 6.45) is 0. The number of rotatable bonds is 2. The average molecular weight is 277 g/mol. The first-order valence-electron chi connectivity index (χ1n) is 6.00.